The predicted octanol–water partition coefficient (Wildman–Crippen LogP) is 3.99. The van der Waals surface area contributed by atoms with E-state index in [1.54, 1.807) is 0 Å². The van der Waals surface area contributed by atoms with E-state index in [0.717, 1.165) is 6.54 Å². The molecule has 20 heavy (non-hydrogen) atoms. The molecule has 1 N–H and O–H groups in total. The monoisotopic (exact) mass is 274 g/mol. The smallest absolute Gasteiger partial charge is 0.0346 e. The van der Waals surface area contributed by atoms with E-state index in [9.17, 15) is 0 Å². The zero-order valence-electron chi connectivity index (χ0n) is 13.4. The molecule has 1 unspecified atom stereocenters. The first-order chi connectivity index (χ1) is 9.74. The minimum Gasteiger partial charge on any atom is -0.310 e. The van der Waals surface area contributed by atoms with E-state index >= 15 is 0 Å². The van der Waals surface area contributed by atoms with Crippen LogP contribution >= 0.6 is 0 Å². The zero-order valence-corrected chi connectivity index (χ0v) is 13.4. The Bertz CT molecular complexity index is 384. The molecule has 1 aliphatic heterocycles. The minimum atomic E-state index is 0.304. The third-order valence-electron chi connectivity index (χ3n) is 4.99. The average Bonchev–Trinajstić information content (AvgIpc) is 2.72. The minimum absolute atomic E-state index is 0.304. The lowest BCUT2D eigenvalue weighted by molar-refractivity contribution is 0.144. The quantitative estimate of drug-likeness (QED) is 0.873. The molecule has 1 heterocycles. The van der Waals surface area contributed by atoms with Crippen LogP contribution in [-0.4, -0.2) is 30.1 Å². The van der Waals surface area contributed by atoms with E-state index in [-0.39, 0.29) is 0 Å². The SMILES string of the molecule is CCC(c1ccccc1)N1CCCNC(CC)(CC)C1. The van der Waals surface area contributed by atoms with Gasteiger partial charge in [0, 0.05) is 24.7 Å². The van der Waals surface area contributed by atoms with Crippen LogP contribution in [0.15, 0.2) is 30.3 Å². The highest BCUT2D eigenvalue weighted by Gasteiger charge is 2.32. The van der Waals surface area contributed by atoms with E-state index < -0.39 is 0 Å². The van der Waals surface area contributed by atoms with E-state index in [0.29, 0.717) is 11.6 Å². The van der Waals surface area contributed by atoms with Crippen LogP contribution in [0.25, 0.3) is 0 Å². The van der Waals surface area contributed by atoms with E-state index in [4.69, 9.17) is 0 Å². The van der Waals surface area contributed by atoms with Crippen molar-refractivity contribution >= 4 is 0 Å². The lowest BCUT2D eigenvalue weighted by Gasteiger charge is -2.39. The number of benzene rings is 1. The molecule has 0 aromatic heterocycles. The van der Waals surface area contributed by atoms with Crippen LogP contribution in [0.4, 0.5) is 0 Å². The maximum absolute atomic E-state index is 3.81. The van der Waals surface area contributed by atoms with Gasteiger partial charge in [0.1, 0.15) is 0 Å². The average molecular weight is 274 g/mol. The van der Waals surface area contributed by atoms with Gasteiger partial charge in [-0.3, -0.25) is 4.90 Å². The van der Waals surface area contributed by atoms with E-state index in [1.165, 1.54) is 44.3 Å². The van der Waals surface area contributed by atoms with E-state index in [1.807, 2.05) is 0 Å². The fourth-order valence-corrected chi connectivity index (χ4v) is 3.53. The molecule has 1 fully saturated rings. The fraction of sp³-hybridized carbons (Fsp3) is 0.667. The van der Waals surface area contributed by atoms with Gasteiger partial charge < -0.3 is 5.32 Å². The summed E-state index contributed by atoms with van der Waals surface area (Å²) in [6.45, 7) is 10.5. The molecular weight excluding hydrogens is 244 g/mol. The van der Waals surface area contributed by atoms with Crippen LogP contribution < -0.4 is 5.32 Å². The van der Waals surface area contributed by atoms with Gasteiger partial charge in [-0.15, -0.1) is 0 Å². The van der Waals surface area contributed by atoms with Crippen molar-refractivity contribution in [2.24, 2.45) is 0 Å². The number of nitrogens with zero attached hydrogens (tertiary/aromatic N) is 1. The molecule has 0 spiro atoms. The molecule has 1 aromatic carbocycles. The van der Waals surface area contributed by atoms with Gasteiger partial charge in [0.05, 0.1) is 0 Å². The summed E-state index contributed by atoms with van der Waals surface area (Å²) in [5, 5.41) is 3.81. The van der Waals surface area contributed by atoms with Crippen LogP contribution in [0.1, 0.15) is 58.1 Å². The summed E-state index contributed by atoms with van der Waals surface area (Å²) in [4.78, 5) is 2.71. The number of hydrogen-bond donors (Lipinski definition) is 1. The first-order valence-electron chi connectivity index (χ1n) is 8.28. The topological polar surface area (TPSA) is 15.3 Å². The third kappa shape index (κ3) is 3.42. The Kier molecular flexibility index (Phi) is 5.62. The van der Waals surface area contributed by atoms with Gasteiger partial charge in [0.25, 0.3) is 0 Å². The van der Waals surface area contributed by atoms with Crippen molar-refractivity contribution in [3.63, 3.8) is 0 Å². The van der Waals surface area contributed by atoms with Crippen molar-refractivity contribution in [1.82, 2.24) is 10.2 Å². The Hall–Kier alpha value is -0.860. The van der Waals surface area contributed by atoms with Crippen molar-refractivity contribution in [2.45, 2.75) is 58.0 Å². The Morgan fingerprint density at radius 2 is 1.85 bits per heavy atom. The molecule has 0 aliphatic carbocycles. The van der Waals surface area contributed by atoms with Crippen molar-refractivity contribution in [3.05, 3.63) is 35.9 Å². The summed E-state index contributed by atoms with van der Waals surface area (Å²) in [5.74, 6) is 0. The Balaban J connectivity index is 2.20. The molecule has 2 nitrogen and oxygen atoms in total. The van der Waals surface area contributed by atoms with Crippen LogP contribution in [0.5, 0.6) is 0 Å². The largest absolute Gasteiger partial charge is 0.310 e. The van der Waals surface area contributed by atoms with Crippen LogP contribution in [0.3, 0.4) is 0 Å². The lowest BCUT2D eigenvalue weighted by Crippen LogP contribution is -2.51. The van der Waals surface area contributed by atoms with Gasteiger partial charge >= 0.3 is 0 Å². The molecule has 1 aliphatic rings. The second kappa shape index (κ2) is 7.24. The summed E-state index contributed by atoms with van der Waals surface area (Å²) in [6.07, 6.45) is 4.87. The molecule has 0 saturated carbocycles. The zero-order chi connectivity index (χ0) is 14.4. The summed E-state index contributed by atoms with van der Waals surface area (Å²) in [5.41, 5.74) is 1.77. The van der Waals surface area contributed by atoms with Gasteiger partial charge in [-0.2, -0.15) is 0 Å². The summed E-state index contributed by atoms with van der Waals surface area (Å²) in [6, 6.07) is 11.6. The lowest BCUT2D eigenvalue weighted by atomic mass is 9.91. The van der Waals surface area contributed by atoms with Crippen molar-refractivity contribution in [1.29, 1.82) is 0 Å². The highest BCUT2D eigenvalue weighted by molar-refractivity contribution is 5.19. The summed E-state index contributed by atoms with van der Waals surface area (Å²) < 4.78 is 0. The van der Waals surface area contributed by atoms with Gasteiger partial charge in [-0.25, -0.2) is 0 Å². The number of nitrogens with one attached hydrogen (secondary N) is 1. The van der Waals surface area contributed by atoms with Gasteiger partial charge in [0.15, 0.2) is 0 Å². The maximum atomic E-state index is 3.81. The molecule has 0 amide bonds. The summed E-state index contributed by atoms with van der Waals surface area (Å²) in [7, 11) is 0. The Morgan fingerprint density at radius 3 is 2.45 bits per heavy atom. The molecule has 0 bridgehead atoms. The van der Waals surface area contributed by atoms with Crippen molar-refractivity contribution < 1.29 is 0 Å². The number of rotatable bonds is 5. The molecule has 2 rings (SSSR count). The fourth-order valence-electron chi connectivity index (χ4n) is 3.53. The normalized spacial score (nSPS) is 21.4. The van der Waals surface area contributed by atoms with Crippen LogP contribution in [0.2, 0.25) is 0 Å². The molecule has 1 atom stereocenters. The number of hydrogen-bond acceptors (Lipinski definition) is 2. The molecule has 1 saturated heterocycles. The Morgan fingerprint density at radius 1 is 1.15 bits per heavy atom. The third-order valence-corrected chi connectivity index (χ3v) is 4.99. The molecule has 0 radical (unpaired) electrons. The predicted molar refractivity (Wildman–Crippen MR) is 87.0 cm³/mol. The molecule has 112 valence electrons. The van der Waals surface area contributed by atoms with E-state index in [2.05, 4.69) is 61.3 Å². The van der Waals surface area contributed by atoms with Gasteiger partial charge in [-0.1, -0.05) is 51.1 Å². The molecule has 1 aromatic rings. The second-order valence-corrected chi connectivity index (χ2v) is 6.07. The first kappa shape index (κ1) is 15.5. The van der Waals surface area contributed by atoms with Crippen LogP contribution in [0, 0.1) is 0 Å². The van der Waals surface area contributed by atoms with Gasteiger partial charge in [-0.05, 0) is 37.8 Å². The molecular formula is C18H30N2. The summed E-state index contributed by atoms with van der Waals surface area (Å²) >= 11 is 0. The highest BCUT2D eigenvalue weighted by Crippen LogP contribution is 2.29. The van der Waals surface area contributed by atoms with Crippen molar-refractivity contribution in [3.8, 4) is 0 Å². The van der Waals surface area contributed by atoms with Crippen molar-refractivity contribution in [2.75, 3.05) is 19.6 Å². The second-order valence-electron chi connectivity index (χ2n) is 6.07. The first-order valence-corrected chi connectivity index (χ1v) is 8.28. The highest BCUT2D eigenvalue weighted by atomic mass is 15.2. The molecule has 2 heteroatoms. The van der Waals surface area contributed by atoms with Crippen LogP contribution in [-0.2, 0) is 0 Å². The standard InChI is InChI=1S/C18H30N2/c1-4-17(16-11-8-7-9-12-16)20-14-10-13-19-18(5-2,6-3)15-20/h7-9,11-12,17,19H,4-6,10,13-15H2,1-3H3. The maximum Gasteiger partial charge on any atom is 0.0346 e. The van der Waals surface area contributed by atoms with Gasteiger partial charge in [0.2, 0.25) is 0 Å². The Labute approximate surface area is 124 Å².